The van der Waals surface area contributed by atoms with E-state index in [1.807, 2.05) is 6.92 Å². The third kappa shape index (κ3) is 5.67. The molecule has 0 amide bonds. The monoisotopic (exact) mass is 452 g/mol. The van der Waals surface area contributed by atoms with E-state index in [0.717, 1.165) is 54.8 Å². The maximum Gasteiger partial charge on any atom is 0.416 e. The van der Waals surface area contributed by atoms with Crippen LogP contribution in [0.2, 0.25) is 0 Å². The molecule has 4 nitrogen and oxygen atoms in total. The van der Waals surface area contributed by atoms with E-state index in [1.54, 1.807) is 12.1 Å². The van der Waals surface area contributed by atoms with Crippen LogP contribution in [0.4, 0.5) is 24.5 Å². The largest absolute Gasteiger partial charge is 0.478 e. The molecule has 31 heavy (non-hydrogen) atoms. The van der Waals surface area contributed by atoms with Crippen LogP contribution in [-0.2, 0) is 12.6 Å². The van der Waals surface area contributed by atoms with Crippen molar-refractivity contribution in [2.24, 2.45) is 11.8 Å². The Kier molecular flexibility index (Phi) is 7.09. The van der Waals surface area contributed by atoms with Crippen molar-refractivity contribution < 1.29 is 23.1 Å². The number of carboxylic acids is 1. The van der Waals surface area contributed by atoms with Crippen molar-refractivity contribution in [1.29, 1.82) is 0 Å². The molecule has 0 aromatic heterocycles. The highest BCUT2D eigenvalue weighted by Gasteiger charge is 2.32. The second kappa shape index (κ2) is 9.42. The van der Waals surface area contributed by atoms with Gasteiger partial charge in [-0.1, -0.05) is 26.8 Å². The van der Waals surface area contributed by atoms with Gasteiger partial charge in [-0.3, -0.25) is 0 Å². The molecule has 8 heteroatoms. The lowest BCUT2D eigenvalue weighted by Gasteiger charge is -2.37. The number of aryl methyl sites for hydroxylation is 1. The molecule has 3 rings (SSSR count). The number of nitrogens with zero attached hydrogens (tertiary/aromatic N) is 1. The zero-order valence-electron chi connectivity index (χ0n) is 17.8. The van der Waals surface area contributed by atoms with Crippen LogP contribution in [-0.4, -0.2) is 24.2 Å². The van der Waals surface area contributed by atoms with E-state index >= 15 is 0 Å². The fourth-order valence-electron chi connectivity index (χ4n) is 4.11. The highest BCUT2D eigenvalue weighted by atomic mass is 32.2. The molecule has 168 valence electrons. The number of benzene rings is 2. The molecule has 2 aromatic rings. The lowest BCUT2D eigenvalue weighted by molar-refractivity contribution is -0.137. The van der Waals surface area contributed by atoms with Gasteiger partial charge >= 0.3 is 12.1 Å². The summed E-state index contributed by atoms with van der Waals surface area (Å²) < 4.78 is 43.2. The number of nitrogens with one attached hydrogen (secondary N) is 1. The van der Waals surface area contributed by atoms with Crippen LogP contribution in [0, 0.1) is 11.8 Å². The van der Waals surface area contributed by atoms with Crippen molar-refractivity contribution in [3.8, 4) is 0 Å². The van der Waals surface area contributed by atoms with E-state index in [1.165, 1.54) is 12.1 Å². The Labute approximate surface area is 185 Å². The minimum absolute atomic E-state index is 0.143. The number of rotatable bonds is 6. The number of alkyl halides is 3. The van der Waals surface area contributed by atoms with Gasteiger partial charge in [0.25, 0.3) is 0 Å². The van der Waals surface area contributed by atoms with Gasteiger partial charge in [-0.05, 0) is 72.5 Å². The third-order valence-corrected chi connectivity index (χ3v) is 6.42. The topological polar surface area (TPSA) is 52.6 Å². The van der Waals surface area contributed by atoms with Crippen LogP contribution in [0.5, 0.6) is 0 Å². The van der Waals surface area contributed by atoms with Crippen LogP contribution < -0.4 is 9.62 Å². The number of aromatic carboxylic acids is 1. The summed E-state index contributed by atoms with van der Waals surface area (Å²) in [7, 11) is 0. The molecule has 0 bridgehead atoms. The molecule has 2 unspecified atom stereocenters. The Bertz CT molecular complexity index is 939. The van der Waals surface area contributed by atoms with Crippen LogP contribution in [0.15, 0.2) is 41.3 Å². The minimum atomic E-state index is -4.44. The van der Waals surface area contributed by atoms with Gasteiger partial charge in [0.15, 0.2) is 0 Å². The lowest BCUT2D eigenvalue weighted by atomic mass is 9.91. The van der Waals surface area contributed by atoms with Gasteiger partial charge in [0.05, 0.1) is 22.5 Å². The zero-order chi connectivity index (χ0) is 22.8. The summed E-state index contributed by atoms with van der Waals surface area (Å²) in [6, 6.07) is 8.63. The van der Waals surface area contributed by atoms with E-state index in [9.17, 15) is 23.1 Å². The van der Waals surface area contributed by atoms with Gasteiger partial charge in [-0.25, -0.2) is 4.79 Å². The minimum Gasteiger partial charge on any atom is -0.478 e. The second-order valence-electron chi connectivity index (χ2n) is 8.27. The van der Waals surface area contributed by atoms with Crippen LogP contribution in [0.3, 0.4) is 0 Å². The number of halogens is 3. The molecule has 2 N–H and O–H groups in total. The molecule has 0 radical (unpaired) electrons. The van der Waals surface area contributed by atoms with E-state index < -0.39 is 17.7 Å². The first-order valence-electron chi connectivity index (χ1n) is 10.3. The molecule has 1 saturated heterocycles. The summed E-state index contributed by atoms with van der Waals surface area (Å²) >= 11 is 1.15. The summed E-state index contributed by atoms with van der Waals surface area (Å²) in [6.45, 7) is 7.82. The standard InChI is InChI=1S/C23H27F3N2O2S/c1-4-16-5-6-17(22(29)30)10-21(16)31-27-19-11-18(23(24,25)26)7-8-20(19)28-12-14(2)9-15(3)13-28/h5-8,10-11,14-15,27H,4,9,12-13H2,1-3H3,(H,29,30). The van der Waals surface area contributed by atoms with E-state index in [-0.39, 0.29) is 5.56 Å². The summed E-state index contributed by atoms with van der Waals surface area (Å²) in [5.41, 5.74) is 1.46. The van der Waals surface area contributed by atoms with Crippen molar-refractivity contribution in [3.05, 3.63) is 53.1 Å². The molecule has 1 heterocycles. The van der Waals surface area contributed by atoms with Gasteiger partial charge < -0.3 is 14.7 Å². The Morgan fingerprint density at radius 2 is 1.84 bits per heavy atom. The summed E-state index contributed by atoms with van der Waals surface area (Å²) in [5.74, 6) is -0.142. The SMILES string of the molecule is CCc1ccc(C(=O)O)cc1SNc1cc(C(F)(F)F)ccc1N1CC(C)CC(C)C1. The molecule has 0 saturated carbocycles. The quantitative estimate of drug-likeness (QED) is 0.486. The maximum absolute atomic E-state index is 13.4. The number of piperidine rings is 1. The van der Waals surface area contributed by atoms with Crippen LogP contribution in [0.25, 0.3) is 0 Å². The number of carboxylic acid groups (broad SMARTS) is 1. The number of carbonyl (C=O) groups is 1. The van der Waals surface area contributed by atoms with Crippen molar-refractivity contribution in [2.75, 3.05) is 22.7 Å². The Morgan fingerprint density at radius 1 is 1.16 bits per heavy atom. The predicted octanol–water partition coefficient (Wildman–Crippen LogP) is 6.57. The summed E-state index contributed by atoms with van der Waals surface area (Å²) in [5, 5.41) is 9.29. The number of hydrogen-bond acceptors (Lipinski definition) is 4. The van der Waals surface area contributed by atoms with E-state index in [2.05, 4.69) is 23.5 Å². The first kappa shape index (κ1) is 23.3. The Balaban J connectivity index is 1.95. The highest BCUT2D eigenvalue weighted by Crippen LogP contribution is 2.39. The van der Waals surface area contributed by atoms with Crippen molar-refractivity contribution in [2.45, 2.75) is 44.7 Å². The smallest absolute Gasteiger partial charge is 0.416 e. The van der Waals surface area contributed by atoms with Crippen molar-refractivity contribution >= 4 is 29.3 Å². The van der Waals surface area contributed by atoms with E-state index in [0.29, 0.717) is 28.8 Å². The van der Waals surface area contributed by atoms with Gasteiger partial charge in [0.2, 0.25) is 0 Å². The third-order valence-electron chi connectivity index (χ3n) is 5.50. The molecule has 2 aromatic carbocycles. The fraction of sp³-hybridized carbons (Fsp3) is 0.435. The summed E-state index contributed by atoms with van der Waals surface area (Å²) in [4.78, 5) is 14.2. The molecular weight excluding hydrogens is 425 g/mol. The first-order chi connectivity index (χ1) is 14.6. The maximum atomic E-state index is 13.4. The number of anilines is 2. The molecule has 1 aliphatic rings. The van der Waals surface area contributed by atoms with Crippen LogP contribution in [0.1, 0.15) is 48.7 Å². The van der Waals surface area contributed by atoms with Gasteiger partial charge in [0, 0.05) is 18.0 Å². The number of hydrogen-bond donors (Lipinski definition) is 2. The molecular formula is C23H27F3N2O2S. The van der Waals surface area contributed by atoms with Crippen LogP contribution >= 0.6 is 11.9 Å². The zero-order valence-corrected chi connectivity index (χ0v) is 18.6. The van der Waals surface area contributed by atoms with Crippen molar-refractivity contribution in [3.63, 3.8) is 0 Å². The Morgan fingerprint density at radius 3 is 2.42 bits per heavy atom. The fourth-order valence-corrected chi connectivity index (χ4v) is 5.03. The second-order valence-corrected chi connectivity index (χ2v) is 9.11. The molecule has 1 fully saturated rings. The molecule has 2 atom stereocenters. The molecule has 0 aliphatic carbocycles. The Hall–Kier alpha value is -2.35. The van der Waals surface area contributed by atoms with Gasteiger partial charge in [-0.2, -0.15) is 13.2 Å². The van der Waals surface area contributed by atoms with Gasteiger partial charge in [-0.15, -0.1) is 0 Å². The molecule has 1 aliphatic heterocycles. The van der Waals surface area contributed by atoms with Gasteiger partial charge in [0.1, 0.15) is 0 Å². The predicted molar refractivity (Wildman–Crippen MR) is 119 cm³/mol. The average molecular weight is 453 g/mol. The lowest BCUT2D eigenvalue weighted by Crippen LogP contribution is -2.39. The normalized spacial score (nSPS) is 19.4. The summed E-state index contributed by atoms with van der Waals surface area (Å²) in [6.07, 6.45) is -2.67. The van der Waals surface area contributed by atoms with Crippen molar-refractivity contribution in [1.82, 2.24) is 0 Å². The average Bonchev–Trinajstić information content (AvgIpc) is 2.70. The molecule has 0 spiro atoms. The highest BCUT2D eigenvalue weighted by molar-refractivity contribution is 8.00. The first-order valence-corrected chi connectivity index (χ1v) is 11.1. The van der Waals surface area contributed by atoms with E-state index in [4.69, 9.17) is 0 Å².